The van der Waals surface area contributed by atoms with Crippen LogP contribution in [-0.2, 0) is 30.5 Å². The Balaban J connectivity index is 1.71. The highest BCUT2D eigenvalue weighted by Gasteiger charge is 2.40. The second kappa shape index (κ2) is 15.9. The summed E-state index contributed by atoms with van der Waals surface area (Å²) in [5.41, 5.74) is 5.94. The maximum atomic E-state index is 15.0. The number of rotatable bonds is 15. The Hall–Kier alpha value is -5.31. The number of carboxylic acid groups (broad SMARTS) is 1. The van der Waals surface area contributed by atoms with Gasteiger partial charge in [0.15, 0.2) is 0 Å². The Labute approximate surface area is 286 Å². The molecule has 0 saturated heterocycles. The average Bonchev–Trinajstić information content (AvgIpc) is 3.62. The molecule has 3 aromatic rings. The molecule has 0 radical (unpaired) electrons. The van der Waals surface area contributed by atoms with Crippen molar-refractivity contribution >= 4 is 29.6 Å². The minimum absolute atomic E-state index is 0.0147. The lowest BCUT2D eigenvalue weighted by Crippen LogP contribution is -2.50. The smallest absolute Gasteiger partial charge is 0.327 e. The number of halogens is 3. The third-order valence-electron chi connectivity index (χ3n) is 8.10. The van der Waals surface area contributed by atoms with Crippen molar-refractivity contribution in [1.82, 2.24) is 24.7 Å². The maximum absolute atomic E-state index is 15.0. The van der Waals surface area contributed by atoms with E-state index in [1.807, 2.05) is 51.1 Å². The SMILES string of the molecule is CC(C)(C)[C@H](c1nc(-c2cc(F)ccc2F)cn1Cc1ccccc1)N(CC[C@H](N)CF)C(=O)CNC(=O)C[C@@H](C(=O)O)N1C(=O)C=CC1=O. The van der Waals surface area contributed by atoms with Gasteiger partial charge in [0.2, 0.25) is 11.8 Å². The topological polar surface area (TPSA) is 168 Å². The predicted octanol–water partition coefficient (Wildman–Crippen LogP) is 3.36. The molecule has 4 rings (SSSR count). The van der Waals surface area contributed by atoms with E-state index in [2.05, 4.69) is 5.32 Å². The van der Waals surface area contributed by atoms with Crippen LogP contribution in [0.3, 0.4) is 0 Å². The summed E-state index contributed by atoms with van der Waals surface area (Å²) < 4.78 is 44.5. The summed E-state index contributed by atoms with van der Waals surface area (Å²) in [6, 6.07) is 8.57. The molecule has 4 N–H and O–H groups in total. The highest BCUT2D eigenvalue weighted by atomic mass is 19.1. The minimum atomic E-state index is -1.81. The molecule has 15 heteroatoms. The van der Waals surface area contributed by atoms with E-state index in [-0.39, 0.29) is 36.6 Å². The van der Waals surface area contributed by atoms with Gasteiger partial charge in [-0.1, -0.05) is 51.1 Å². The molecule has 12 nitrogen and oxygen atoms in total. The Bertz CT molecular complexity index is 1760. The van der Waals surface area contributed by atoms with E-state index in [4.69, 9.17) is 10.7 Å². The first-order valence-corrected chi connectivity index (χ1v) is 15.8. The second-order valence-electron chi connectivity index (χ2n) is 13.0. The second-order valence-corrected chi connectivity index (χ2v) is 13.0. The van der Waals surface area contributed by atoms with Crippen molar-refractivity contribution < 1.29 is 42.3 Å². The fourth-order valence-electron chi connectivity index (χ4n) is 5.68. The van der Waals surface area contributed by atoms with Crippen LogP contribution in [0.25, 0.3) is 11.3 Å². The van der Waals surface area contributed by atoms with Crippen LogP contribution >= 0.6 is 0 Å². The number of hydrogen-bond donors (Lipinski definition) is 3. The number of amides is 4. The van der Waals surface area contributed by atoms with Gasteiger partial charge in [-0.05, 0) is 35.6 Å². The number of nitrogens with two attached hydrogens (primary N) is 1. The number of imidazole rings is 1. The summed E-state index contributed by atoms with van der Waals surface area (Å²) >= 11 is 0. The molecule has 2 aromatic carbocycles. The molecule has 3 atom stereocenters. The van der Waals surface area contributed by atoms with Gasteiger partial charge >= 0.3 is 5.97 Å². The van der Waals surface area contributed by atoms with E-state index in [0.29, 0.717) is 4.90 Å². The lowest BCUT2D eigenvalue weighted by Gasteiger charge is -2.40. The first kappa shape index (κ1) is 37.5. The quantitative estimate of drug-likeness (QED) is 0.203. The van der Waals surface area contributed by atoms with Crippen LogP contribution in [0.1, 0.15) is 51.0 Å². The molecular formula is C35H39F3N6O6. The summed E-state index contributed by atoms with van der Waals surface area (Å²) in [6.45, 7) is 4.09. The number of nitrogens with one attached hydrogen (secondary N) is 1. The summed E-state index contributed by atoms with van der Waals surface area (Å²) in [7, 11) is 0. The summed E-state index contributed by atoms with van der Waals surface area (Å²) in [6.07, 6.45) is 2.53. The van der Waals surface area contributed by atoms with Crippen LogP contribution in [0.2, 0.25) is 0 Å². The zero-order valence-electron chi connectivity index (χ0n) is 27.8. The fraction of sp³-hybridized carbons (Fsp3) is 0.371. The number of hydrogen-bond acceptors (Lipinski definition) is 7. The van der Waals surface area contributed by atoms with Crippen LogP contribution in [0, 0.1) is 17.0 Å². The molecule has 4 amide bonds. The predicted molar refractivity (Wildman–Crippen MR) is 176 cm³/mol. The van der Waals surface area contributed by atoms with Gasteiger partial charge in [-0.2, -0.15) is 0 Å². The van der Waals surface area contributed by atoms with Crippen LogP contribution in [0.4, 0.5) is 13.2 Å². The highest BCUT2D eigenvalue weighted by molar-refractivity contribution is 6.15. The van der Waals surface area contributed by atoms with Gasteiger partial charge in [0.1, 0.15) is 30.2 Å². The number of aromatic nitrogens is 2. The zero-order valence-corrected chi connectivity index (χ0v) is 27.8. The first-order valence-electron chi connectivity index (χ1n) is 15.8. The molecule has 0 bridgehead atoms. The fourth-order valence-corrected chi connectivity index (χ4v) is 5.68. The van der Waals surface area contributed by atoms with Crippen molar-refractivity contribution in [2.45, 2.75) is 58.3 Å². The number of benzene rings is 2. The largest absolute Gasteiger partial charge is 0.480 e. The van der Waals surface area contributed by atoms with Gasteiger partial charge in [0.05, 0.1) is 24.7 Å². The number of carbonyl (C=O) groups is 5. The van der Waals surface area contributed by atoms with Gasteiger partial charge < -0.3 is 25.6 Å². The van der Waals surface area contributed by atoms with Crippen LogP contribution in [-0.4, -0.2) is 85.9 Å². The molecule has 0 saturated carbocycles. The molecule has 0 spiro atoms. The normalized spacial score (nSPS) is 14.8. The molecule has 1 aromatic heterocycles. The Morgan fingerprint density at radius 3 is 2.30 bits per heavy atom. The van der Waals surface area contributed by atoms with E-state index in [9.17, 15) is 37.9 Å². The number of alkyl halides is 1. The molecule has 0 unspecified atom stereocenters. The van der Waals surface area contributed by atoms with E-state index >= 15 is 4.39 Å². The highest BCUT2D eigenvalue weighted by Crippen LogP contribution is 2.39. The van der Waals surface area contributed by atoms with Gasteiger partial charge in [0, 0.05) is 43.0 Å². The third kappa shape index (κ3) is 9.02. The molecule has 2 heterocycles. The van der Waals surface area contributed by atoms with Gasteiger partial charge in [-0.25, -0.2) is 22.9 Å². The summed E-state index contributed by atoms with van der Waals surface area (Å²) in [5.74, 6) is -6.08. The Kier molecular flexibility index (Phi) is 12.0. The number of aliphatic carboxylic acids is 1. The average molecular weight is 697 g/mol. The number of nitrogens with zero attached hydrogens (tertiary/aromatic N) is 4. The summed E-state index contributed by atoms with van der Waals surface area (Å²) in [5, 5.41) is 12.0. The van der Waals surface area contributed by atoms with Gasteiger partial charge in [-0.15, -0.1) is 0 Å². The lowest BCUT2D eigenvalue weighted by molar-refractivity contribution is -0.154. The Morgan fingerprint density at radius 1 is 1.04 bits per heavy atom. The monoisotopic (exact) mass is 696 g/mol. The zero-order chi connectivity index (χ0) is 36.7. The van der Waals surface area contributed by atoms with Gasteiger partial charge in [-0.3, -0.25) is 24.1 Å². The van der Waals surface area contributed by atoms with Crippen LogP contribution in [0.5, 0.6) is 0 Å². The van der Waals surface area contributed by atoms with Crippen molar-refractivity contribution in [3.05, 3.63) is 89.9 Å². The van der Waals surface area contributed by atoms with Crippen molar-refractivity contribution in [2.75, 3.05) is 19.8 Å². The Morgan fingerprint density at radius 2 is 1.70 bits per heavy atom. The first-order chi connectivity index (χ1) is 23.6. The summed E-state index contributed by atoms with van der Waals surface area (Å²) in [4.78, 5) is 69.5. The molecule has 266 valence electrons. The lowest BCUT2D eigenvalue weighted by atomic mass is 9.84. The van der Waals surface area contributed by atoms with Crippen molar-refractivity contribution in [1.29, 1.82) is 0 Å². The molecule has 50 heavy (non-hydrogen) atoms. The van der Waals surface area contributed by atoms with Crippen LogP contribution < -0.4 is 11.1 Å². The van der Waals surface area contributed by atoms with Crippen molar-refractivity contribution in [3.8, 4) is 11.3 Å². The van der Waals surface area contributed by atoms with Gasteiger partial charge in [0.25, 0.3) is 11.8 Å². The van der Waals surface area contributed by atoms with E-state index < -0.39 is 84.4 Å². The van der Waals surface area contributed by atoms with Crippen molar-refractivity contribution in [2.24, 2.45) is 11.1 Å². The molecule has 1 aliphatic rings. The number of carbonyl (C=O) groups excluding carboxylic acids is 4. The molecule has 1 aliphatic heterocycles. The van der Waals surface area contributed by atoms with Crippen molar-refractivity contribution in [3.63, 3.8) is 0 Å². The standard InChI is InChI=1S/C35H39F3N6O6/c1-35(2,3)32(33-41-26(24-15-22(37)9-10-25(24)38)20-42(33)19-21-7-5-4-6-8-21)43(14-13-23(39)17-36)31(48)18-40-28(45)16-27(34(49)50)44-29(46)11-12-30(44)47/h4-12,15,20,23,27,32H,13-14,16-19,39H2,1-3H3,(H,40,45)(H,49,50)/t23-,27-,32-/m0/s1. The van der Waals surface area contributed by atoms with E-state index in [1.54, 1.807) is 10.8 Å². The number of imide groups is 1. The number of carboxylic acids is 1. The molecular weight excluding hydrogens is 657 g/mol. The maximum Gasteiger partial charge on any atom is 0.327 e. The molecule has 0 fully saturated rings. The minimum Gasteiger partial charge on any atom is -0.480 e. The van der Waals surface area contributed by atoms with E-state index in [1.165, 1.54) is 4.90 Å². The third-order valence-corrected chi connectivity index (χ3v) is 8.10. The molecule has 0 aliphatic carbocycles. The van der Waals surface area contributed by atoms with Crippen LogP contribution in [0.15, 0.2) is 66.9 Å². The van der Waals surface area contributed by atoms with E-state index in [0.717, 1.165) is 35.9 Å².